The molecule has 0 radical (unpaired) electrons. The molecule has 0 spiro atoms. The molecule has 0 saturated carbocycles. The number of nitrogens with one attached hydrogen (secondary N) is 1. The molecular formula is C15H31N3OS. The average molecular weight is 302 g/mol. The zero-order chi connectivity index (χ0) is 15.0. The summed E-state index contributed by atoms with van der Waals surface area (Å²) in [4.78, 5) is 6.74. The molecule has 1 aliphatic rings. The van der Waals surface area contributed by atoms with Gasteiger partial charge in [0.2, 0.25) is 0 Å². The standard InChI is InChI=1S/C15H31N3OS/c1-13(2)6-9-19-10-7-17-14(16-5)18-8-11-20-15(3,4)12-18/h13H,6-12H2,1-5H3,(H,16,17). The van der Waals surface area contributed by atoms with Crippen molar-refractivity contribution in [1.29, 1.82) is 0 Å². The first-order chi connectivity index (χ1) is 9.44. The molecule has 118 valence electrons. The zero-order valence-electron chi connectivity index (χ0n) is 13.7. The Balaban J connectivity index is 2.23. The van der Waals surface area contributed by atoms with Crippen molar-refractivity contribution >= 4 is 17.7 Å². The van der Waals surface area contributed by atoms with Crippen molar-refractivity contribution < 1.29 is 4.74 Å². The van der Waals surface area contributed by atoms with Crippen LogP contribution in [0.3, 0.4) is 0 Å². The van der Waals surface area contributed by atoms with E-state index in [1.807, 2.05) is 18.8 Å². The van der Waals surface area contributed by atoms with Crippen LogP contribution in [0.25, 0.3) is 0 Å². The van der Waals surface area contributed by atoms with E-state index in [1.165, 1.54) is 5.75 Å². The molecule has 1 N–H and O–H groups in total. The molecule has 20 heavy (non-hydrogen) atoms. The van der Waals surface area contributed by atoms with Gasteiger partial charge in [-0.1, -0.05) is 13.8 Å². The van der Waals surface area contributed by atoms with Gasteiger partial charge in [0.15, 0.2) is 5.96 Å². The van der Waals surface area contributed by atoms with Crippen LogP contribution in [0.4, 0.5) is 0 Å². The van der Waals surface area contributed by atoms with Gasteiger partial charge in [-0.15, -0.1) is 0 Å². The molecule has 1 aliphatic heterocycles. The summed E-state index contributed by atoms with van der Waals surface area (Å²) in [6.45, 7) is 13.6. The molecule has 0 aliphatic carbocycles. The monoisotopic (exact) mass is 301 g/mol. The Morgan fingerprint density at radius 3 is 2.75 bits per heavy atom. The van der Waals surface area contributed by atoms with Gasteiger partial charge in [0, 0.05) is 43.8 Å². The van der Waals surface area contributed by atoms with Crippen LogP contribution < -0.4 is 5.32 Å². The summed E-state index contributed by atoms with van der Waals surface area (Å²) in [5.41, 5.74) is 0. The van der Waals surface area contributed by atoms with Crippen molar-refractivity contribution in [2.45, 2.75) is 38.9 Å². The zero-order valence-corrected chi connectivity index (χ0v) is 14.6. The summed E-state index contributed by atoms with van der Waals surface area (Å²) >= 11 is 2.04. The molecule has 0 bridgehead atoms. The molecule has 0 atom stereocenters. The molecule has 1 rings (SSSR count). The Morgan fingerprint density at radius 2 is 2.15 bits per heavy atom. The number of nitrogens with zero attached hydrogens (tertiary/aromatic N) is 2. The van der Waals surface area contributed by atoms with Crippen molar-refractivity contribution in [1.82, 2.24) is 10.2 Å². The number of thioether (sulfide) groups is 1. The van der Waals surface area contributed by atoms with E-state index >= 15 is 0 Å². The fourth-order valence-electron chi connectivity index (χ4n) is 2.19. The third-order valence-electron chi connectivity index (χ3n) is 3.31. The van der Waals surface area contributed by atoms with Crippen LogP contribution >= 0.6 is 11.8 Å². The van der Waals surface area contributed by atoms with Crippen LogP contribution in [0.1, 0.15) is 34.1 Å². The Morgan fingerprint density at radius 1 is 1.40 bits per heavy atom. The summed E-state index contributed by atoms with van der Waals surface area (Å²) < 4.78 is 5.94. The minimum atomic E-state index is 0.309. The second-order valence-electron chi connectivity index (χ2n) is 6.30. The normalized spacial score (nSPS) is 19.5. The minimum absolute atomic E-state index is 0.309. The Bertz CT molecular complexity index is 305. The van der Waals surface area contributed by atoms with Gasteiger partial charge in [0.05, 0.1) is 6.61 Å². The lowest BCUT2D eigenvalue weighted by atomic mass is 10.1. The van der Waals surface area contributed by atoms with Crippen LogP contribution in [0, 0.1) is 5.92 Å². The third kappa shape index (κ3) is 6.84. The fourth-order valence-corrected chi connectivity index (χ4v) is 3.30. The van der Waals surface area contributed by atoms with Crippen LogP contribution in [0.15, 0.2) is 4.99 Å². The van der Waals surface area contributed by atoms with Crippen molar-refractivity contribution in [2.75, 3.05) is 45.6 Å². The Labute approximate surface area is 128 Å². The third-order valence-corrected chi connectivity index (χ3v) is 4.60. The van der Waals surface area contributed by atoms with Crippen molar-refractivity contribution in [3.63, 3.8) is 0 Å². The highest BCUT2D eigenvalue weighted by molar-refractivity contribution is 8.00. The van der Waals surface area contributed by atoms with E-state index in [1.54, 1.807) is 0 Å². The highest BCUT2D eigenvalue weighted by atomic mass is 32.2. The SMILES string of the molecule is CN=C(NCCOCCC(C)C)N1CCSC(C)(C)C1. The molecular weight excluding hydrogens is 270 g/mol. The Kier molecular flexibility index (Phi) is 7.74. The maximum absolute atomic E-state index is 5.63. The minimum Gasteiger partial charge on any atom is -0.380 e. The van der Waals surface area contributed by atoms with Gasteiger partial charge in [0.1, 0.15) is 0 Å². The second kappa shape index (κ2) is 8.78. The van der Waals surface area contributed by atoms with E-state index in [2.05, 4.69) is 42.9 Å². The molecule has 1 fully saturated rings. The van der Waals surface area contributed by atoms with Crippen LogP contribution in [-0.4, -0.2) is 61.3 Å². The van der Waals surface area contributed by atoms with E-state index in [0.29, 0.717) is 10.7 Å². The van der Waals surface area contributed by atoms with Crippen LogP contribution in [0.5, 0.6) is 0 Å². The number of hydrogen-bond acceptors (Lipinski definition) is 3. The average Bonchev–Trinajstić information content (AvgIpc) is 2.36. The molecule has 5 heteroatoms. The molecule has 4 nitrogen and oxygen atoms in total. The maximum Gasteiger partial charge on any atom is 0.193 e. The maximum atomic E-state index is 5.63. The predicted molar refractivity (Wildman–Crippen MR) is 89.7 cm³/mol. The van der Waals surface area contributed by atoms with E-state index in [0.717, 1.165) is 45.2 Å². The highest BCUT2D eigenvalue weighted by Crippen LogP contribution is 2.29. The van der Waals surface area contributed by atoms with Gasteiger partial charge in [-0.3, -0.25) is 4.99 Å². The molecule has 1 saturated heterocycles. The largest absolute Gasteiger partial charge is 0.380 e. The van der Waals surface area contributed by atoms with Gasteiger partial charge in [-0.2, -0.15) is 11.8 Å². The molecule has 0 amide bonds. The van der Waals surface area contributed by atoms with Crippen molar-refractivity contribution in [2.24, 2.45) is 10.9 Å². The number of hydrogen-bond donors (Lipinski definition) is 1. The van der Waals surface area contributed by atoms with Gasteiger partial charge >= 0.3 is 0 Å². The lowest BCUT2D eigenvalue weighted by Gasteiger charge is -2.39. The molecule has 0 aromatic heterocycles. The lowest BCUT2D eigenvalue weighted by molar-refractivity contribution is 0.127. The lowest BCUT2D eigenvalue weighted by Crippen LogP contribution is -2.51. The smallest absolute Gasteiger partial charge is 0.193 e. The predicted octanol–water partition coefficient (Wildman–Crippen LogP) is 2.45. The number of guanidine groups is 1. The molecule has 0 aromatic carbocycles. The van der Waals surface area contributed by atoms with Gasteiger partial charge in [-0.25, -0.2) is 0 Å². The summed E-state index contributed by atoms with van der Waals surface area (Å²) in [6, 6.07) is 0. The van der Waals surface area contributed by atoms with Crippen molar-refractivity contribution in [3.8, 4) is 0 Å². The van der Waals surface area contributed by atoms with Crippen molar-refractivity contribution in [3.05, 3.63) is 0 Å². The number of ether oxygens (including phenoxy) is 1. The molecule has 1 heterocycles. The van der Waals surface area contributed by atoms with Crippen LogP contribution in [-0.2, 0) is 4.74 Å². The van der Waals surface area contributed by atoms with E-state index in [4.69, 9.17) is 4.74 Å². The highest BCUT2D eigenvalue weighted by Gasteiger charge is 2.28. The quantitative estimate of drug-likeness (QED) is 0.464. The van der Waals surface area contributed by atoms with E-state index < -0.39 is 0 Å². The van der Waals surface area contributed by atoms with Gasteiger partial charge in [-0.05, 0) is 26.2 Å². The first-order valence-electron chi connectivity index (χ1n) is 7.62. The summed E-state index contributed by atoms with van der Waals surface area (Å²) in [5.74, 6) is 2.88. The van der Waals surface area contributed by atoms with Gasteiger partial charge in [0.25, 0.3) is 0 Å². The molecule has 0 unspecified atom stereocenters. The summed E-state index contributed by atoms with van der Waals surface area (Å²) in [6.07, 6.45) is 1.13. The Hall–Kier alpha value is -0.420. The first kappa shape index (κ1) is 17.6. The second-order valence-corrected chi connectivity index (χ2v) is 8.10. The summed E-state index contributed by atoms with van der Waals surface area (Å²) in [5, 5.41) is 3.41. The fraction of sp³-hybridized carbons (Fsp3) is 0.933. The topological polar surface area (TPSA) is 36.9 Å². The van der Waals surface area contributed by atoms with E-state index in [-0.39, 0.29) is 0 Å². The number of rotatable bonds is 6. The first-order valence-corrected chi connectivity index (χ1v) is 8.60. The molecule has 0 aromatic rings. The van der Waals surface area contributed by atoms with Gasteiger partial charge < -0.3 is 15.0 Å². The number of aliphatic imine (C=N–C) groups is 1. The summed E-state index contributed by atoms with van der Waals surface area (Å²) in [7, 11) is 1.86. The van der Waals surface area contributed by atoms with E-state index in [9.17, 15) is 0 Å². The van der Waals surface area contributed by atoms with Crippen LogP contribution in [0.2, 0.25) is 0 Å².